The summed E-state index contributed by atoms with van der Waals surface area (Å²) in [4.78, 5) is 14.2. The minimum atomic E-state index is -0.480. The monoisotopic (exact) mass is 223 g/mol. The van der Waals surface area contributed by atoms with Gasteiger partial charge in [0.1, 0.15) is 5.82 Å². The first-order valence-corrected chi connectivity index (χ1v) is 5.37. The molecule has 0 saturated heterocycles. The Morgan fingerprint density at radius 1 is 1.25 bits per heavy atom. The predicted octanol–water partition coefficient (Wildman–Crippen LogP) is 2.21. The normalized spacial score (nSPS) is 8.50. The number of carbonyl (C=O) groups is 1. The van der Waals surface area contributed by atoms with E-state index in [4.69, 9.17) is 11.5 Å². The maximum atomic E-state index is 10.3. The molecule has 4 nitrogen and oxygen atoms in total. The summed E-state index contributed by atoms with van der Waals surface area (Å²) < 4.78 is 0. The summed E-state index contributed by atoms with van der Waals surface area (Å²) in [7, 11) is 0. The van der Waals surface area contributed by atoms with E-state index in [1.54, 1.807) is 24.4 Å². The number of nitrogens with zero attached hydrogens (tertiary/aromatic N) is 1. The SMILES string of the molecule is CC.CC.NC(=O)/C=C/c1ccc(N)nc1. The highest BCUT2D eigenvalue weighted by Crippen LogP contribution is 2.02. The van der Waals surface area contributed by atoms with Crippen molar-refractivity contribution in [2.45, 2.75) is 27.7 Å². The van der Waals surface area contributed by atoms with Crippen LogP contribution in [0.25, 0.3) is 6.08 Å². The van der Waals surface area contributed by atoms with Gasteiger partial charge in [0.2, 0.25) is 5.91 Å². The van der Waals surface area contributed by atoms with Crippen LogP contribution in [0.15, 0.2) is 24.4 Å². The Hall–Kier alpha value is -1.84. The lowest BCUT2D eigenvalue weighted by Crippen LogP contribution is -2.05. The van der Waals surface area contributed by atoms with Gasteiger partial charge >= 0.3 is 0 Å². The summed E-state index contributed by atoms with van der Waals surface area (Å²) in [5.41, 5.74) is 11.0. The van der Waals surface area contributed by atoms with Crippen LogP contribution in [0.2, 0.25) is 0 Å². The molecule has 0 unspecified atom stereocenters. The third kappa shape index (κ3) is 8.74. The van der Waals surface area contributed by atoms with E-state index >= 15 is 0 Å². The highest BCUT2D eigenvalue weighted by Gasteiger charge is 1.88. The molecule has 1 aromatic heterocycles. The molecule has 4 N–H and O–H groups in total. The molecule has 0 bridgehead atoms. The standard InChI is InChI=1S/C8H9N3O.2C2H6/c9-7-3-1-6(5-11-7)2-4-8(10)12;2*1-2/h1-5H,(H2,9,11)(H2,10,12);2*1-2H3/b4-2+;;. The average molecular weight is 223 g/mol. The molecule has 0 spiro atoms. The molecule has 0 saturated carbocycles. The van der Waals surface area contributed by atoms with Crippen molar-refractivity contribution in [1.82, 2.24) is 4.98 Å². The first-order chi connectivity index (χ1) is 7.68. The van der Waals surface area contributed by atoms with E-state index in [1.807, 2.05) is 27.7 Å². The van der Waals surface area contributed by atoms with Gasteiger partial charge in [-0.3, -0.25) is 4.79 Å². The van der Waals surface area contributed by atoms with Gasteiger partial charge in [-0.05, 0) is 23.8 Å². The van der Waals surface area contributed by atoms with Crippen LogP contribution in [0.5, 0.6) is 0 Å². The van der Waals surface area contributed by atoms with Crippen molar-refractivity contribution in [2.75, 3.05) is 5.73 Å². The van der Waals surface area contributed by atoms with Gasteiger partial charge in [-0.1, -0.05) is 27.7 Å². The first-order valence-electron chi connectivity index (χ1n) is 5.37. The molecule has 0 aliphatic carbocycles. The summed E-state index contributed by atoms with van der Waals surface area (Å²) in [6.07, 6.45) is 4.41. The number of nitrogen functional groups attached to an aromatic ring is 1. The van der Waals surface area contributed by atoms with Crippen LogP contribution in [0.4, 0.5) is 5.82 Å². The zero-order valence-corrected chi connectivity index (χ0v) is 10.4. The van der Waals surface area contributed by atoms with Crippen LogP contribution in [0.1, 0.15) is 33.3 Å². The van der Waals surface area contributed by atoms with Gasteiger partial charge < -0.3 is 11.5 Å². The van der Waals surface area contributed by atoms with Gasteiger partial charge in [-0.25, -0.2) is 4.98 Å². The minimum absolute atomic E-state index is 0.450. The molecule has 1 rings (SSSR count). The maximum absolute atomic E-state index is 10.3. The van der Waals surface area contributed by atoms with Crippen molar-refractivity contribution in [3.63, 3.8) is 0 Å². The van der Waals surface area contributed by atoms with Gasteiger partial charge in [0.05, 0.1) is 0 Å². The zero-order valence-electron chi connectivity index (χ0n) is 10.4. The molecule has 0 aliphatic rings. The fraction of sp³-hybridized carbons (Fsp3) is 0.333. The van der Waals surface area contributed by atoms with E-state index in [9.17, 15) is 4.79 Å². The molecule has 0 aromatic carbocycles. The summed E-state index contributed by atoms with van der Waals surface area (Å²) in [6.45, 7) is 8.00. The molecule has 0 aliphatic heterocycles. The molecular formula is C12H21N3O. The van der Waals surface area contributed by atoms with E-state index < -0.39 is 5.91 Å². The highest BCUT2D eigenvalue weighted by molar-refractivity contribution is 5.90. The summed E-state index contributed by atoms with van der Waals surface area (Å²) in [5, 5.41) is 0. The van der Waals surface area contributed by atoms with Crippen LogP contribution >= 0.6 is 0 Å². The van der Waals surface area contributed by atoms with Gasteiger partial charge in [-0.2, -0.15) is 0 Å². The lowest BCUT2D eigenvalue weighted by atomic mass is 10.2. The van der Waals surface area contributed by atoms with Gasteiger partial charge in [-0.15, -0.1) is 0 Å². The van der Waals surface area contributed by atoms with Crippen molar-refractivity contribution < 1.29 is 4.79 Å². The van der Waals surface area contributed by atoms with Crippen molar-refractivity contribution in [3.8, 4) is 0 Å². The predicted molar refractivity (Wildman–Crippen MR) is 69.6 cm³/mol. The van der Waals surface area contributed by atoms with E-state index in [1.165, 1.54) is 6.08 Å². The van der Waals surface area contributed by atoms with Crippen molar-refractivity contribution >= 4 is 17.8 Å². The van der Waals surface area contributed by atoms with Crippen LogP contribution < -0.4 is 11.5 Å². The Labute approximate surface area is 97.4 Å². The molecule has 4 heteroatoms. The summed E-state index contributed by atoms with van der Waals surface area (Å²) >= 11 is 0. The van der Waals surface area contributed by atoms with E-state index in [2.05, 4.69) is 4.98 Å². The number of hydrogen-bond donors (Lipinski definition) is 2. The molecule has 1 heterocycles. The van der Waals surface area contributed by atoms with Crippen molar-refractivity contribution in [1.29, 1.82) is 0 Å². The number of aromatic nitrogens is 1. The fourth-order valence-corrected chi connectivity index (χ4v) is 0.694. The topological polar surface area (TPSA) is 82.0 Å². The first kappa shape index (κ1) is 16.6. The fourth-order valence-electron chi connectivity index (χ4n) is 0.694. The van der Waals surface area contributed by atoms with Crippen molar-refractivity contribution in [2.24, 2.45) is 5.73 Å². The molecule has 1 amide bonds. The molecule has 16 heavy (non-hydrogen) atoms. The third-order valence-electron chi connectivity index (χ3n) is 1.25. The van der Waals surface area contributed by atoms with Crippen molar-refractivity contribution in [3.05, 3.63) is 30.0 Å². The number of hydrogen-bond acceptors (Lipinski definition) is 3. The number of anilines is 1. The van der Waals surface area contributed by atoms with Crippen LogP contribution in [0.3, 0.4) is 0 Å². The highest BCUT2D eigenvalue weighted by atomic mass is 16.1. The lowest BCUT2D eigenvalue weighted by molar-refractivity contribution is -0.113. The molecule has 90 valence electrons. The summed E-state index contributed by atoms with van der Waals surface area (Å²) in [6, 6.07) is 3.41. The number of primary amides is 1. The van der Waals surface area contributed by atoms with Gasteiger partial charge in [0.15, 0.2) is 0 Å². The smallest absolute Gasteiger partial charge is 0.241 e. The Morgan fingerprint density at radius 3 is 2.19 bits per heavy atom. The molecule has 0 atom stereocenters. The molecule has 0 fully saturated rings. The molecule has 1 aromatic rings. The number of amides is 1. The third-order valence-corrected chi connectivity index (χ3v) is 1.25. The maximum Gasteiger partial charge on any atom is 0.241 e. The van der Waals surface area contributed by atoms with Crippen LogP contribution in [-0.2, 0) is 4.79 Å². The number of pyridine rings is 1. The average Bonchev–Trinajstić information content (AvgIpc) is 2.33. The van der Waals surface area contributed by atoms with Gasteiger partial charge in [0.25, 0.3) is 0 Å². The zero-order chi connectivity index (χ0) is 13.0. The second kappa shape index (κ2) is 11.2. The van der Waals surface area contributed by atoms with E-state index in [-0.39, 0.29) is 0 Å². The van der Waals surface area contributed by atoms with E-state index in [0.717, 1.165) is 5.56 Å². The van der Waals surface area contributed by atoms with Crippen LogP contribution in [-0.4, -0.2) is 10.9 Å². The van der Waals surface area contributed by atoms with E-state index in [0.29, 0.717) is 5.82 Å². The largest absolute Gasteiger partial charge is 0.384 e. The molecule has 0 radical (unpaired) electrons. The second-order valence-electron chi connectivity index (χ2n) is 2.25. The minimum Gasteiger partial charge on any atom is -0.384 e. The quantitative estimate of drug-likeness (QED) is 0.754. The lowest BCUT2D eigenvalue weighted by Gasteiger charge is -1.92. The summed E-state index contributed by atoms with van der Waals surface area (Å²) in [5.74, 6) is -0.0296. The van der Waals surface area contributed by atoms with Crippen LogP contribution in [0, 0.1) is 0 Å². The second-order valence-corrected chi connectivity index (χ2v) is 2.25. The van der Waals surface area contributed by atoms with Gasteiger partial charge in [0, 0.05) is 12.3 Å². The Balaban J connectivity index is 0. The number of nitrogens with two attached hydrogens (primary N) is 2. The molecular weight excluding hydrogens is 202 g/mol. The number of carbonyl (C=O) groups excluding carboxylic acids is 1. The Kier molecular flexibility index (Phi) is 11.6. The Bertz CT molecular complexity index is 305. The number of rotatable bonds is 2. The Morgan fingerprint density at radius 2 is 1.81 bits per heavy atom.